The minimum atomic E-state index is -4.40. The number of amides is 1. The zero-order valence-corrected chi connectivity index (χ0v) is 19.1. The van der Waals surface area contributed by atoms with E-state index in [0.717, 1.165) is 49.5 Å². The lowest BCUT2D eigenvalue weighted by molar-refractivity contribution is -0.137. The van der Waals surface area contributed by atoms with Crippen LogP contribution < -0.4 is 0 Å². The van der Waals surface area contributed by atoms with Crippen LogP contribution in [-0.2, 0) is 25.8 Å². The van der Waals surface area contributed by atoms with Crippen LogP contribution in [-0.4, -0.2) is 33.8 Å². The Bertz CT molecular complexity index is 1120. The summed E-state index contributed by atoms with van der Waals surface area (Å²) in [4.78, 5) is 20.9. The van der Waals surface area contributed by atoms with Gasteiger partial charge in [-0.1, -0.05) is 42.5 Å². The first-order valence-electron chi connectivity index (χ1n) is 11.5. The molecule has 1 aromatic heterocycles. The van der Waals surface area contributed by atoms with Crippen LogP contribution in [0.15, 0.2) is 59.2 Å². The van der Waals surface area contributed by atoms with E-state index < -0.39 is 11.7 Å². The molecule has 1 aliphatic heterocycles. The smallest absolute Gasteiger partial charge is 0.416 e. The fourth-order valence-electron chi connectivity index (χ4n) is 4.23. The van der Waals surface area contributed by atoms with Gasteiger partial charge >= 0.3 is 6.18 Å². The molecule has 1 fully saturated rings. The largest absolute Gasteiger partial charge is 0.447 e. The Labute approximate surface area is 197 Å². The molecule has 0 atom stereocenters. The molecule has 1 aliphatic rings. The van der Waals surface area contributed by atoms with Gasteiger partial charge in [-0.2, -0.15) is 13.2 Å². The van der Waals surface area contributed by atoms with Crippen LogP contribution >= 0.6 is 0 Å². The van der Waals surface area contributed by atoms with Gasteiger partial charge in [0.25, 0.3) is 5.91 Å². The monoisotopic (exact) mass is 471 g/mol. The van der Waals surface area contributed by atoms with Crippen LogP contribution in [0.25, 0.3) is 0 Å². The number of alkyl halides is 3. The first-order chi connectivity index (χ1) is 16.3. The van der Waals surface area contributed by atoms with Crippen molar-refractivity contribution in [3.05, 3.63) is 88.6 Å². The number of carbonyl (C=O) groups is 1. The van der Waals surface area contributed by atoms with E-state index in [-0.39, 0.29) is 24.7 Å². The molecule has 0 spiro atoms. The van der Waals surface area contributed by atoms with E-state index in [2.05, 4.69) is 4.98 Å². The number of piperidine rings is 1. The number of hydrogen-bond donors (Lipinski definition) is 0. The average Bonchev–Trinajstić information content (AvgIpc) is 3.29. The lowest BCUT2D eigenvalue weighted by atomic mass is 10.1. The van der Waals surface area contributed by atoms with Crippen molar-refractivity contribution in [2.24, 2.45) is 0 Å². The second-order valence-corrected chi connectivity index (χ2v) is 8.75. The molecule has 0 aliphatic carbocycles. The number of aromatic nitrogens is 1. The maximum atomic E-state index is 13.2. The molecule has 0 unspecified atom stereocenters. The Hall–Kier alpha value is -3.13. The molecular formula is C26H28F3N3O2. The Morgan fingerprint density at radius 2 is 1.79 bits per heavy atom. The first kappa shape index (κ1) is 24.0. The zero-order valence-electron chi connectivity index (χ0n) is 19.1. The fourth-order valence-corrected chi connectivity index (χ4v) is 4.23. The van der Waals surface area contributed by atoms with Crippen LogP contribution in [0.4, 0.5) is 13.2 Å². The number of oxazole rings is 1. The Morgan fingerprint density at radius 3 is 2.53 bits per heavy atom. The van der Waals surface area contributed by atoms with Gasteiger partial charge < -0.3 is 9.32 Å². The predicted molar refractivity (Wildman–Crippen MR) is 122 cm³/mol. The predicted octanol–water partition coefficient (Wildman–Crippen LogP) is 5.83. The van der Waals surface area contributed by atoms with Crippen molar-refractivity contribution in [1.82, 2.24) is 14.8 Å². The van der Waals surface area contributed by atoms with Crippen molar-refractivity contribution >= 4 is 5.91 Å². The Morgan fingerprint density at radius 1 is 1.03 bits per heavy atom. The number of rotatable bonds is 7. The molecule has 5 nitrogen and oxygen atoms in total. The lowest BCUT2D eigenvalue weighted by Gasteiger charge is -2.25. The Balaban J connectivity index is 1.53. The molecular weight excluding hydrogens is 443 g/mol. The van der Waals surface area contributed by atoms with Crippen molar-refractivity contribution < 1.29 is 22.4 Å². The molecule has 3 aromatic rings. The van der Waals surface area contributed by atoms with E-state index in [1.807, 2.05) is 36.1 Å². The van der Waals surface area contributed by atoms with E-state index in [4.69, 9.17) is 4.42 Å². The molecule has 1 saturated heterocycles. The number of carbonyl (C=O) groups excluding carboxylic acids is 1. The minimum absolute atomic E-state index is 0.141. The van der Waals surface area contributed by atoms with Crippen LogP contribution in [0.2, 0.25) is 0 Å². The summed E-state index contributed by atoms with van der Waals surface area (Å²) in [5, 5.41) is 0. The molecule has 2 heterocycles. The third-order valence-corrected chi connectivity index (χ3v) is 6.09. The number of benzene rings is 2. The Kier molecular flexibility index (Phi) is 7.36. The highest BCUT2D eigenvalue weighted by Crippen LogP contribution is 2.30. The molecule has 0 radical (unpaired) electrons. The van der Waals surface area contributed by atoms with Gasteiger partial charge in [0.2, 0.25) is 5.89 Å². The summed E-state index contributed by atoms with van der Waals surface area (Å²) in [5.41, 5.74) is 2.29. The van der Waals surface area contributed by atoms with Crippen LogP contribution in [0.5, 0.6) is 0 Å². The molecule has 2 aromatic carbocycles. The number of halogens is 3. The van der Waals surface area contributed by atoms with Crippen molar-refractivity contribution in [1.29, 1.82) is 0 Å². The molecule has 1 amide bonds. The molecule has 0 bridgehead atoms. The number of nitrogens with zero attached hydrogens (tertiary/aromatic N) is 3. The second-order valence-electron chi connectivity index (χ2n) is 8.75. The fraction of sp³-hybridized carbons (Fsp3) is 0.385. The van der Waals surface area contributed by atoms with Crippen molar-refractivity contribution in [2.45, 2.75) is 52.0 Å². The van der Waals surface area contributed by atoms with Gasteiger partial charge in [-0.15, -0.1) is 0 Å². The normalized spacial score (nSPS) is 14.6. The highest BCUT2D eigenvalue weighted by molar-refractivity contribution is 5.92. The van der Waals surface area contributed by atoms with Crippen LogP contribution in [0.3, 0.4) is 0 Å². The van der Waals surface area contributed by atoms with Gasteiger partial charge in [0.15, 0.2) is 5.69 Å². The maximum Gasteiger partial charge on any atom is 0.416 e. The molecule has 0 saturated carbocycles. The van der Waals surface area contributed by atoms with Crippen molar-refractivity contribution in [3.8, 4) is 0 Å². The van der Waals surface area contributed by atoms with Gasteiger partial charge in [0, 0.05) is 26.2 Å². The summed E-state index contributed by atoms with van der Waals surface area (Å²) < 4.78 is 45.2. The number of hydrogen-bond acceptors (Lipinski definition) is 4. The second kappa shape index (κ2) is 10.4. The van der Waals surface area contributed by atoms with Gasteiger partial charge in [-0.25, -0.2) is 4.98 Å². The third kappa shape index (κ3) is 6.05. The van der Waals surface area contributed by atoms with Gasteiger partial charge in [0.1, 0.15) is 6.26 Å². The third-order valence-electron chi connectivity index (χ3n) is 6.09. The summed E-state index contributed by atoms with van der Waals surface area (Å²) in [5.74, 6) is 0.221. The highest BCUT2D eigenvalue weighted by atomic mass is 19.4. The van der Waals surface area contributed by atoms with Crippen molar-refractivity contribution in [3.63, 3.8) is 0 Å². The minimum Gasteiger partial charge on any atom is -0.447 e. The molecule has 0 N–H and O–H groups in total. The molecule has 8 heteroatoms. The maximum absolute atomic E-state index is 13.2. The number of aryl methyl sites for hydroxylation is 1. The standard InChI is InChI=1S/C26H28F3N3O2/c1-19-8-3-4-10-21(19)16-31(15-20-9-7-11-22(14-20)26(27,28)29)17-24-30-23(18-34-24)25(33)32-12-5-2-6-13-32/h3-4,7-11,14,18H,2,5-6,12-13,15-17H2,1H3. The first-order valence-corrected chi connectivity index (χ1v) is 11.5. The van der Waals surface area contributed by atoms with Crippen molar-refractivity contribution in [2.75, 3.05) is 13.1 Å². The zero-order chi connectivity index (χ0) is 24.1. The summed E-state index contributed by atoms with van der Waals surface area (Å²) in [6.07, 6.45) is 0.0676. The lowest BCUT2D eigenvalue weighted by Crippen LogP contribution is -2.35. The number of likely N-dealkylation sites (tertiary alicyclic amines) is 1. The summed E-state index contributed by atoms with van der Waals surface area (Å²) >= 11 is 0. The van der Waals surface area contributed by atoms with Crippen LogP contribution in [0, 0.1) is 6.92 Å². The molecule has 4 rings (SSSR count). The molecule has 180 valence electrons. The van der Waals surface area contributed by atoms with Gasteiger partial charge in [-0.05, 0) is 48.9 Å². The SMILES string of the molecule is Cc1ccccc1CN(Cc1cccc(C(F)(F)F)c1)Cc1nc(C(=O)N2CCCCC2)co1. The average molecular weight is 472 g/mol. The highest BCUT2D eigenvalue weighted by Gasteiger charge is 2.30. The topological polar surface area (TPSA) is 49.6 Å². The molecule has 34 heavy (non-hydrogen) atoms. The van der Waals surface area contributed by atoms with E-state index in [1.165, 1.54) is 18.4 Å². The summed E-state index contributed by atoms with van der Waals surface area (Å²) in [7, 11) is 0. The van der Waals surface area contributed by atoms with E-state index >= 15 is 0 Å². The van der Waals surface area contributed by atoms with E-state index in [1.54, 1.807) is 11.0 Å². The van der Waals surface area contributed by atoms with Crippen LogP contribution in [0.1, 0.15) is 57.9 Å². The van der Waals surface area contributed by atoms with Gasteiger partial charge in [-0.3, -0.25) is 9.69 Å². The van der Waals surface area contributed by atoms with E-state index in [0.29, 0.717) is 18.0 Å². The quantitative estimate of drug-likeness (QED) is 0.435. The summed E-state index contributed by atoms with van der Waals surface area (Å²) in [6.45, 7) is 4.47. The van der Waals surface area contributed by atoms with Gasteiger partial charge in [0.05, 0.1) is 12.1 Å². The van der Waals surface area contributed by atoms with E-state index in [9.17, 15) is 18.0 Å². The summed E-state index contributed by atoms with van der Waals surface area (Å²) in [6, 6.07) is 13.2.